The van der Waals surface area contributed by atoms with Crippen molar-refractivity contribution in [3.63, 3.8) is 0 Å². The van der Waals surface area contributed by atoms with E-state index < -0.39 is 0 Å². The summed E-state index contributed by atoms with van der Waals surface area (Å²) < 4.78 is 11.4. The lowest BCUT2D eigenvalue weighted by Gasteiger charge is -2.10. The maximum atomic E-state index is 12.4. The standard InChI is InChI=1S/C24H24ClNO3/c1-17-5-3-6-22(15-17)29-14-4-13-28-21-10-7-19(8-11-21)24(27)26-23-12-9-20(25)16-18(23)2/h3,5-12,15-16H,4,13-14H2,1-2H3,(H,26,27). The van der Waals surface area contributed by atoms with Gasteiger partial charge in [0.2, 0.25) is 0 Å². The van der Waals surface area contributed by atoms with E-state index in [9.17, 15) is 4.79 Å². The zero-order valence-electron chi connectivity index (χ0n) is 16.6. The average molecular weight is 410 g/mol. The summed E-state index contributed by atoms with van der Waals surface area (Å²) >= 11 is 5.95. The van der Waals surface area contributed by atoms with Gasteiger partial charge in [-0.3, -0.25) is 4.79 Å². The van der Waals surface area contributed by atoms with E-state index in [0.29, 0.717) is 23.8 Å². The van der Waals surface area contributed by atoms with Crippen LogP contribution in [0, 0.1) is 13.8 Å². The van der Waals surface area contributed by atoms with E-state index >= 15 is 0 Å². The number of anilines is 1. The van der Waals surface area contributed by atoms with Crippen molar-refractivity contribution in [3.05, 3.63) is 88.4 Å². The van der Waals surface area contributed by atoms with Crippen LogP contribution in [-0.4, -0.2) is 19.1 Å². The van der Waals surface area contributed by atoms with Crippen LogP contribution in [0.15, 0.2) is 66.7 Å². The Bertz CT molecular complexity index is 970. The zero-order valence-corrected chi connectivity index (χ0v) is 17.3. The second-order valence-corrected chi connectivity index (χ2v) is 7.24. The normalized spacial score (nSPS) is 10.4. The molecule has 0 atom stereocenters. The molecule has 29 heavy (non-hydrogen) atoms. The first kappa shape index (κ1) is 20.7. The monoisotopic (exact) mass is 409 g/mol. The summed E-state index contributed by atoms with van der Waals surface area (Å²) in [5.74, 6) is 1.42. The van der Waals surface area contributed by atoms with Crippen molar-refractivity contribution in [2.75, 3.05) is 18.5 Å². The van der Waals surface area contributed by atoms with Crippen LogP contribution in [0.1, 0.15) is 27.9 Å². The van der Waals surface area contributed by atoms with Gasteiger partial charge in [-0.2, -0.15) is 0 Å². The molecule has 0 aliphatic carbocycles. The Morgan fingerprint density at radius 2 is 1.62 bits per heavy atom. The van der Waals surface area contributed by atoms with Crippen molar-refractivity contribution in [3.8, 4) is 11.5 Å². The molecular weight excluding hydrogens is 386 g/mol. The van der Waals surface area contributed by atoms with Gasteiger partial charge in [-0.05, 0) is 79.6 Å². The summed E-state index contributed by atoms with van der Waals surface area (Å²) in [5, 5.41) is 3.54. The van der Waals surface area contributed by atoms with Crippen LogP contribution >= 0.6 is 11.6 Å². The third-order valence-corrected chi connectivity index (χ3v) is 4.60. The Kier molecular flexibility index (Phi) is 7.14. The predicted molar refractivity (Wildman–Crippen MR) is 117 cm³/mol. The number of hydrogen-bond donors (Lipinski definition) is 1. The molecule has 0 aromatic heterocycles. The first-order chi connectivity index (χ1) is 14.0. The minimum Gasteiger partial charge on any atom is -0.493 e. The highest BCUT2D eigenvalue weighted by Crippen LogP contribution is 2.21. The number of aryl methyl sites for hydroxylation is 2. The average Bonchev–Trinajstić information content (AvgIpc) is 2.70. The molecule has 0 aliphatic heterocycles. The van der Waals surface area contributed by atoms with Gasteiger partial charge in [0, 0.05) is 22.7 Å². The lowest BCUT2D eigenvalue weighted by Crippen LogP contribution is -2.12. The first-order valence-electron chi connectivity index (χ1n) is 9.51. The summed E-state index contributed by atoms with van der Waals surface area (Å²) in [6.07, 6.45) is 0.770. The van der Waals surface area contributed by atoms with E-state index in [0.717, 1.165) is 29.2 Å². The zero-order chi connectivity index (χ0) is 20.6. The number of ether oxygens (including phenoxy) is 2. The molecule has 3 aromatic rings. The van der Waals surface area contributed by atoms with Gasteiger partial charge in [0.15, 0.2) is 0 Å². The number of rotatable bonds is 8. The van der Waals surface area contributed by atoms with Crippen LogP contribution in [0.4, 0.5) is 5.69 Å². The van der Waals surface area contributed by atoms with E-state index in [-0.39, 0.29) is 5.91 Å². The highest BCUT2D eigenvalue weighted by atomic mass is 35.5. The topological polar surface area (TPSA) is 47.6 Å². The molecule has 0 unspecified atom stereocenters. The number of carbonyl (C=O) groups excluding carboxylic acids is 1. The molecule has 0 bridgehead atoms. The van der Waals surface area contributed by atoms with Crippen molar-refractivity contribution in [1.82, 2.24) is 0 Å². The lowest BCUT2D eigenvalue weighted by molar-refractivity contribution is 0.102. The Hall–Kier alpha value is -2.98. The molecule has 0 spiro atoms. The second kappa shape index (κ2) is 9.99. The minimum atomic E-state index is -0.173. The van der Waals surface area contributed by atoms with Crippen LogP contribution in [-0.2, 0) is 0 Å². The molecule has 0 saturated carbocycles. The maximum absolute atomic E-state index is 12.4. The highest BCUT2D eigenvalue weighted by Gasteiger charge is 2.08. The molecule has 0 aliphatic rings. The maximum Gasteiger partial charge on any atom is 0.255 e. The Morgan fingerprint density at radius 3 is 2.31 bits per heavy atom. The Labute approximate surface area is 176 Å². The number of hydrogen-bond acceptors (Lipinski definition) is 3. The van der Waals surface area contributed by atoms with Crippen LogP contribution in [0.5, 0.6) is 11.5 Å². The SMILES string of the molecule is Cc1cccc(OCCCOc2ccc(C(=O)Nc3ccc(Cl)cc3C)cc2)c1. The lowest BCUT2D eigenvalue weighted by atomic mass is 10.1. The van der Waals surface area contributed by atoms with Gasteiger partial charge in [0.1, 0.15) is 11.5 Å². The van der Waals surface area contributed by atoms with E-state index in [1.807, 2.05) is 44.2 Å². The van der Waals surface area contributed by atoms with E-state index in [1.54, 1.807) is 36.4 Å². The van der Waals surface area contributed by atoms with Crippen LogP contribution in [0.3, 0.4) is 0 Å². The molecular formula is C24H24ClNO3. The molecule has 1 N–H and O–H groups in total. The number of amides is 1. The Balaban J connectivity index is 1.44. The molecule has 150 valence electrons. The van der Waals surface area contributed by atoms with Gasteiger partial charge in [-0.1, -0.05) is 23.7 Å². The van der Waals surface area contributed by atoms with Gasteiger partial charge in [-0.15, -0.1) is 0 Å². The molecule has 3 rings (SSSR count). The number of halogens is 1. The van der Waals surface area contributed by atoms with Crippen molar-refractivity contribution < 1.29 is 14.3 Å². The number of carbonyl (C=O) groups is 1. The number of benzene rings is 3. The number of nitrogens with one attached hydrogen (secondary N) is 1. The van der Waals surface area contributed by atoms with Crippen LogP contribution < -0.4 is 14.8 Å². The fraction of sp³-hybridized carbons (Fsp3) is 0.208. The van der Waals surface area contributed by atoms with Gasteiger partial charge in [0.25, 0.3) is 5.91 Å². The highest BCUT2D eigenvalue weighted by molar-refractivity contribution is 6.30. The van der Waals surface area contributed by atoms with Gasteiger partial charge in [-0.25, -0.2) is 0 Å². The fourth-order valence-corrected chi connectivity index (χ4v) is 3.04. The molecule has 4 nitrogen and oxygen atoms in total. The predicted octanol–water partition coefficient (Wildman–Crippen LogP) is 6.06. The van der Waals surface area contributed by atoms with Crippen molar-refractivity contribution >= 4 is 23.2 Å². The van der Waals surface area contributed by atoms with E-state index in [4.69, 9.17) is 21.1 Å². The van der Waals surface area contributed by atoms with Crippen LogP contribution in [0.2, 0.25) is 5.02 Å². The molecule has 5 heteroatoms. The largest absolute Gasteiger partial charge is 0.493 e. The van der Waals surface area contributed by atoms with Crippen molar-refractivity contribution in [1.29, 1.82) is 0 Å². The summed E-state index contributed by atoms with van der Waals surface area (Å²) in [5.41, 5.74) is 3.40. The van der Waals surface area contributed by atoms with Gasteiger partial charge < -0.3 is 14.8 Å². The quantitative estimate of drug-likeness (QED) is 0.460. The van der Waals surface area contributed by atoms with E-state index in [2.05, 4.69) is 5.32 Å². The fourth-order valence-electron chi connectivity index (χ4n) is 2.81. The van der Waals surface area contributed by atoms with Crippen LogP contribution in [0.25, 0.3) is 0 Å². The first-order valence-corrected chi connectivity index (χ1v) is 9.89. The summed E-state index contributed by atoms with van der Waals surface area (Å²) in [7, 11) is 0. The summed E-state index contributed by atoms with van der Waals surface area (Å²) in [6.45, 7) is 5.07. The Morgan fingerprint density at radius 1 is 0.897 bits per heavy atom. The van der Waals surface area contributed by atoms with Gasteiger partial charge >= 0.3 is 0 Å². The molecule has 0 saturated heterocycles. The summed E-state index contributed by atoms with van der Waals surface area (Å²) in [4.78, 5) is 12.4. The molecule has 0 fully saturated rings. The van der Waals surface area contributed by atoms with Crippen molar-refractivity contribution in [2.24, 2.45) is 0 Å². The third-order valence-electron chi connectivity index (χ3n) is 4.37. The van der Waals surface area contributed by atoms with Crippen molar-refractivity contribution in [2.45, 2.75) is 20.3 Å². The summed E-state index contributed by atoms with van der Waals surface area (Å²) in [6, 6.07) is 20.4. The molecule has 0 heterocycles. The van der Waals surface area contributed by atoms with E-state index in [1.165, 1.54) is 5.56 Å². The second-order valence-electron chi connectivity index (χ2n) is 6.80. The third kappa shape index (κ3) is 6.26. The molecule has 3 aromatic carbocycles. The molecule has 0 radical (unpaired) electrons. The van der Waals surface area contributed by atoms with Gasteiger partial charge in [0.05, 0.1) is 13.2 Å². The molecule has 1 amide bonds. The minimum absolute atomic E-state index is 0.173. The smallest absolute Gasteiger partial charge is 0.255 e.